The second-order valence-electron chi connectivity index (χ2n) is 5.24. The molecule has 0 spiro atoms. The van der Waals surface area contributed by atoms with Crippen LogP contribution in [-0.4, -0.2) is 33.2 Å². The molecule has 1 aromatic carbocycles. The lowest BCUT2D eigenvalue weighted by atomic mass is 10.1. The van der Waals surface area contributed by atoms with Crippen molar-refractivity contribution >= 4 is 33.4 Å². The molecule has 1 fully saturated rings. The molecule has 0 radical (unpaired) electrons. The van der Waals surface area contributed by atoms with Crippen LogP contribution in [0, 0.1) is 5.92 Å². The summed E-state index contributed by atoms with van der Waals surface area (Å²) in [5, 5.41) is 0.438. The molecule has 1 heterocycles. The molecule has 0 N–H and O–H groups in total. The van der Waals surface area contributed by atoms with Gasteiger partial charge in [-0.15, -0.1) is 3.89 Å². The van der Waals surface area contributed by atoms with E-state index >= 15 is 0 Å². The number of hydrogen-bond donors (Lipinski definition) is 0. The van der Waals surface area contributed by atoms with Crippen LogP contribution in [0.15, 0.2) is 18.2 Å². The van der Waals surface area contributed by atoms with Crippen LogP contribution >= 0.6 is 11.6 Å². The summed E-state index contributed by atoms with van der Waals surface area (Å²) in [5.74, 6) is -0.984. The molecule has 0 saturated carbocycles. The Bertz CT molecular complexity index is 665. The average molecular weight is 350 g/mol. The minimum absolute atomic E-state index is 0.0110. The van der Waals surface area contributed by atoms with Gasteiger partial charge in [0.2, 0.25) is 5.91 Å². The fourth-order valence-electron chi connectivity index (χ4n) is 2.44. The summed E-state index contributed by atoms with van der Waals surface area (Å²) in [6.45, 7) is 2.57. The Hall–Kier alpha value is -1.34. The summed E-state index contributed by atoms with van der Waals surface area (Å²) in [4.78, 5) is 13.5. The van der Waals surface area contributed by atoms with Gasteiger partial charge in [0.1, 0.15) is 5.75 Å². The Balaban J connectivity index is 2.23. The van der Waals surface area contributed by atoms with E-state index in [9.17, 15) is 17.1 Å². The summed E-state index contributed by atoms with van der Waals surface area (Å²) in [6, 6.07) is 4.91. The molecule has 0 aliphatic carbocycles. The smallest absolute Gasteiger partial charge is 0.302 e. The van der Waals surface area contributed by atoms with E-state index in [0.717, 1.165) is 6.42 Å². The van der Waals surface area contributed by atoms with E-state index in [-0.39, 0.29) is 18.9 Å². The van der Waals surface area contributed by atoms with E-state index in [2.05, 4.69) is 0 Å². The molecule has 2 rings (SSSR count). The Morgan fingerprint density at radius 3 is 2.82 bits per heavy atom. The molecule has 1 aliphatic rings. The molecule has 1 amide bonds. The molecule has 5 nitrogen and oxygen atoms in total. The lowest BCUT2D eigenvalue weighted by molar-refractivity contribution is -0.117. The first-order valence-electron chi connectivity index (χ1n) is 6.95. The number of rotatable bonds is 6. The van der Waals surface area contributed by atoms with Gasteiger partial charge in [-0.05, 0) is 24.6 Å². The molecular weight excluding hydrogens is 333 g/mol. The van der Waals surface area contributed by atoms with E-state index in [1.807, 2.05) is 6.92 Å². The van der Waals surface area contributed by atoms with Crippen LogP contribution in [0.2, 0.25) is 5.02 Å². The first-order chi connectivity index (χ1) is 10.3. The Kier molecular flexibility index (Phi) is 5.28. The first kappa shape index (κ1) is 17.0. The highest BCUT2D eigenvalue weighted by atomic mass is 35.5. The van der Waals surface area contributed by atoms with Crippen LogP contribution < -0.4 is 9.64 Å². The Morgan fingerprint density at radius 2 is 2.18 bits per heavy atom. The standard InChI is InChI=1S/C14H17ClFNO4S/c1-2-5-21-13-4-3-11(15)7-12(13)17-8-10(6-14(17)18)9-22(16,19)20/h3-4,7,10H,2,5-6,8-9H2,1H3. The monoisotopic (exact) mass is 349 g/mol. The van der Waals surface area contributed by atoms with Crippen LogP contribution in [0.1, 0.15) is 19.8 Å². The summed E-state index contributed by atoms with van der Waals surface area (Å²) in [6.07, 6.45) is 0.793. The Morgan fingerprint density at radius 1 is 1.45 bits per heavy atom. The fraction of sp³-hybridized carbons (Fsp3) is 0.500. The van der Waals surface area contributed by atoms with Crippen LogP contribution in [0.5, 0.6) is 5.75 Å². The SMILES string of the molecule is CCCOc1ccc(Cl)cc1N1CC(CS(=O)(=O)F)CC1=O. The summed E-state index contributed by atoms with van der Waals surface area (Å²) in [7, 11) is -4.61. The third kappa shape index (κ3) is 4.33. The second-order valence-corrected chi connectivity index (χ2v) is 7.09. The summed E-state index contributed by atoms with van der Waals surface area (Å²) >= 11 is 5.97. The van der Waals surface area contributed by atoms with E-state index in [4.69, 9.17) is 16.3 Å². The number of carbonyl (C=O) groups excluding carboxylic acids is 1. The number of ether oxygens (including phenoxy) is 1. The maximum Gasteiger partial charge on any atom is 0.302 e. The van der Waals surface area contributed by atoms with E-state index in [0.29, 0.717) is 23.1 Å². The largest absolute Gasteiger partial charge is 0.491 e. The molecule has 1 unspecified atom stereocenters. The number of hydrogen-bond acceptors (Lipinski definition) is 4. The molecule has 1 aliphatic heterocycles. The van der Waals surface area contributed by atoms with Gasteiger partial charge >= 0.3 is 10.2 Å². The molecule has 0 bridgehead atoms. The molecule has 0 aromatic heterocycles. The van der Waals surface area contributed by atoms with Crippen molar-refractivity contribution in [3.05, 3.63) is 23.2 Å². The normalized spacial score (nSPS) is 18.8. The molecular formula is C14H17ClFNO4S. The van der Waals surface area contributed by atoms with Crippen molar-refractivity contribution in [2.75, 3.05) is 23.8 Å². The minimum Gasteiger partial charge on any atom is -0.491 e. The number of nitrogens with zero attached hydrogens (tertiary/aromatic N) is 1. The van der Waals surface area contributed by atoms with Gasteiger partial charge in [0.15, 0.2) is 0 Å². The summed E-state index contributed by atoms with van der Waals surface area (Å²) in [5.41, 5.74) is 0.490. The average Bonchev–Trinajstić information content (AvgIpc) is 2.75. The molecule has 1 aromatic rings. The topological polar surface area (TPSA) is 63.7 Å². The van der Waals surface area contributed by atoms with Crippen LogP contribution in [0.3, 0.4) is 0 Å². The number of anilines is 1. The van der Waals surface area contributed by atoms with E-state index in [1.165, 1.54) is 4.90 Å². The zero-order chi connectivity index (χ0) is 16.3. The first-order valence-corrected chi connectivity index (χ1v) is 8.88. The van der Waals surface area contributed by atoms with Crippen molar-refractivity contribution in [3.63, 3.8) is 0 Å². The zero-order valence-corrected chi connectivity index (χ0v) is 13.7. The third-order valence-corrected chi connectivity index (χ3v) is 4.42. The van der Waals surface area contributed by atoms with E-state index in [1.54, 1.807) is 18.2 Å². The Labute approximate surface area is 134 Å². The third-order valence-electron chi connectivity index (χ3n) is 3.31. The van der Waals surface area contributed by atoms with Gasteiger partial charge in [-0.25, -0.2) is 0 Å². The molecule has 1 saturated heterocycles. The lowest BCUT2D eigenvalue weighted by Crippen LogP contribution is -2.26. The predicted octanol–water partition coefficient (Wildman–Crippen LogP) is 2.78. The van der Waals surface area contributed by atoms with Crippen molar-refractivity contribution < 1.29 is 21.8 Å². The minimum atomic E-state index is -4.61. The zero-order valence-electron chi connectivity index (χ0n) is 12.1. The van der Waals surface area contributed by atoms with Crippen LogP contribution in [-0.2, 0) is 15.0 Å². The maximum atomic E-state index is 12.8. The summed E-state index contributed by atoms with van der Waals surface area (Å²) < 4.78 is 39.9. The van der Waals surface area contributed by atoms with Gasteiger partial charge in [0.05, 0.1) is 18.0 Å². The predicted molar refractivity (Wildman–Crippen MR) is 82.6 cm³/mol. The maximum absolute atomic E-state index is 12.8. The highest BCUT2D eigenvalue weighted by molar-refractivity contribution is 7.86. The fourth-order valence-corrected chi connectivity index (χ4v) is 3.40. The quantitative estimate of drug-likeness (QED) is 0.741. The van der Waals surface area contributed by atoms with E-state index < -0.39 is 21.9 Å². The van der Waals surface area contributed by atoms with Crippen molar-refractivity contribution in [2.45, 2.75) is 19.8 Å². The number of amides is 1. The van der Waals surface area contributed by atoms with Gasteiger partial charge in [-0.1, -0.05) is 18.5 Å². The van der Waals surface area contributed by atoms with Gasteiger partial charge in [0, 0.05) is 23.9 Å². The number of benzene rings is 1. The van der Waals surface area contributed by atoms with Gasteiger partial charge in [-0.3, -0.25) is 4.79 Å². The van der Waals surface area contributed by atoms with Gasteiger partial charge < -0.3 is 9.64 Å². The molecule has 122 valence electrons. The number of carbonyl (C=O) groups is 1. The number of halogens is 2. The van der Waals surface area contributed by atoms with Crippen molar-refractivity contribution in [1.29, 1.82) is 0 Å². The highest BCUT2D eigenvalue weighted by Crippen LogP contribution is 2.35. The van der Waals surface area contributed by atoms with Crippen molar-refractivity contribution in [2.24, 2.45) is 5.92 Å². The van der Waals surface area contributed by atoms with Crippen LogP contribution in [0.25, 0.3) is 0 Å². The molecule has 1 atom stereocenters. The second kappa shape index (κ2) is 6.83. The van der Waals surface area contributed by atoms with Crippen LogP contribution in [0.4, 0.5) is 9.57 Å². The van der Waals surface area contributed by atoms with Gasteiger partial charge in [0.25, 0.3) is 0 Å². The highest BCUT2D eigenvalue weighted by Gasteiger charge is 2.35. The van der Waals surface area contributed by atoms with Crippen molar-refractivity contribution in [1.82, 2.24) is 0 Å². The van der Waals surface area contributed by atoms with Crippen molar-refractivity contribution in [3.8, 4) is 5.75 Å². The molecule has 22 heavy (non-hydrogen) atoms. The molecule has 8 heteroatoms. The van der Waals surface area contributed by atoms with Gasteiger partial charge in [-0.2, -0.15) is 8.42 Å². The lowest BCUT2D eigenvalue weighted by Gasteiger charge is -2.20.